The molecule has 0 amide bonds. The van der Waals surface area contributed by atoms with Crippen LogP contribution in [0.5, 0.6) is 0 Å². The number of hydrogen-bond donors (Lipinski definition) is 1. The highest BCUT2D eigenvalue weighted by Gasteiger charge is 2.46. The number of nitrogens with two attached hydrogens (primary N) is 1. The van der Waals surface area contributed by atoms with Gasteiger partial charge in [-0.05, 0) is 24.1 Å². The van der Waals surface area contributed by atoms with E-state index >= 15 is 0 Å². The standard InChI is InChI=1S/C11H15NO2S/c1-2-15(13,14)11-7-10(11)8-4-3-5-9(12)6-8/h3-6,10-11H,2,7,12H2,1H3. The molecule has 0 bridgehead atoms. The maximum atomic E-state index is 11.6. The zero-order valence-electron chi connectivity index (χ0n) is 8.68. The van der Waals surface area contributed by atoms with Crippen molar-refractivity contribution in [3.8, 4) is 0 Å². The molecule has 0 saturated heterocycles. The van der Waals surface area contributed by atoms with E-state index in [0.29, 0.717) is 5.69 Å². The van der Waals surface area contributed by atoms with E-state index in [-0.39, 0.29) is 16.9 Å². The molecule has 2 rings (SSSR count). The predicted octanol–water partition coefficient (Wildman–Crippen LogP) is 1.56. The summed E-state index contributed by atoms with van der Waals surface area (Å²) in [5.74, 6) is 0.398. The smallest absolute Gasteiger partial charge is 0.153 e. The van der Waals surface area contributed by atoms with Gasteiger partial charge in [-0.3, -0.25) is 0 Å². The molecular formula is C11H15NO2S. The molecule has 82 valence electrons. The van der Waals surface area contributed by atoms with Crippen LogP contribution in [0.25, 0.3) is 0 Å². The van der Waals surface area contributed by atoms with Crippen LogP contribution in [0.4, 0.5) is 5.69 Å². The molecule has 2 N–H and O–H groups in total. The second-order valence-corrected chi connectivity index (χ2v) is 6.51. The van der Waals surface area contributed by atoms with Crippen molar-refractivity contribution in [3.05, 3.63) is 29.8 Å². The lowest BCUT2D eigenvalue weighted by Gasteiger charge is -2.02. The normalized spacial score (nSPS) is 25.1. The second kappa shape index (κ2) is 3.52. The van der Waals surface area contributed by atoms with Gasteiger partial charge in [0.1, 0.15) is 0 Å². The number of benzene rings is 1. The molecule has 0 aliphatic heterocycles. The van der Waals surface area contributed by atoms with Gasteiger partial charge in [-0.15, -0.1) is 0 Å². The topological polar surface area (TPSA) is 60.2 Å². The Balaban J connectivity index is 2.18. The largest absolute Gasteiger partial charge is 0.399 e. The van der Waals surface area contributed by atoms with Crippen molar-refractivity contribution in [1.82, 2.24) is 0 Å². The third-order valence-electron chi connectivity index (χ3n) is 2.93. The van der Waals surface area contributed by atoms with Crippen molar-refractivity contribution in [2.75, 3.05) is 11.5 Å². The third-order valence-corrected chi connectivity index (χ3v) is 5.18. The first kappa shape index (κ1) is 10.5. The highest BCUT2D eigenvalue weighted by atomic mass is 32.2. The summed E-state index contributed by atoms with van der Waals surface area (Å²) in [4.78, 5) is 0. The first-order chi connectivity index (χ1) is 7.04. The number of rotatable bonds is 3. The van der Waals surface area contributed by atoms with E-state index in [0.717, 1.165) is 12.0 Å². The summed E-state index contributed by atoms with van der Waals surface area (Å²) >= 11 is 0. The van der Waals surface area contributed by atoms with Gasteiger partial charge in [0.2, 0.25) is 0 Å². The fourth-order valence-electron chi connectivity index (χ4n) is 1.92. The number of sulfone groups is 1. The Hall–Kier alpha value is -1.03. The summed E-state index contributed by atoms with van der Waals surface area (Å²) in [6, 6.07) is 7.51. The van der Waals surface area contributed by atoms with Crippen LogP contribution in [0.15, 0.2) is 24.3 Å². The van der Waals surface area contributed by atoms with Crippen molar-refractivity contribution in [2.24, 2.45) is 0 Å². The molecule has 3 nitrogen and oxygen atoms in total. The van der Waals surface area contributed by atoms with Gasteiger partial charge in [0.05, 0.1) is 5.25 Å². The van der Waals surface area contributed by atoms with Crippen LogP contribution in [-0.4, -0.2) is 19.4 Å². The summed E-state index contributed by atoms with van der Waals surface area (Å²) in [6.45, 7) is 1.70. The lowest BCUT2D eigenvalue weighted by Crippen LogP contribution is -2.10. The van der Waals surface area contributed by atoms with Gasteiger partial charge in [0, 0.05) is 17.4 Å². The van der Waals surface area contributed by atoms with Crippen molar-refractivity contribution >= 4 is 15.5 Å². The van der Waals surface area contributed by atoms with Crippen molar-refractivity contribution in [2.45, 2.75) is 24.5 Å². The van der Waals surface area contributed by atoms with Crippen molar-refractivity contribution < 1.29 is 8.42 Å². The van der Waals surface area contributed by atoms with Crippen LogP contribution in [0.3, 0.4) is 0 Å². The van der Waals surface area contributed by atoms with E-state index in [4.69, 9.17) is 5.73 Å². The van der Waals surface area contributed by atoms with E-state index in [1.807, 2.05) is 24.3 Å². The Bertz CT molecular complexity index is 467. The monoisotopic (exact) mass is 225 g/mol. The maximum Gasteiger partial charge on any atom is 0.153 e. The second-order valence-electron chi connectivity index (χ2n) is 4.00. The van der Waals surface area contributed by atoms with Crippen molar-refractivity contribution in [1.29, 1.82) is 0 Å². The first-order valence-electron chi connectivity index (χ1n) is 5.11. The van der Waals surface area contributed by atoms with E-state index in [2.05, 4.69) is 0 Å². The zero-order valence-corrected chi connectivity index (χ0v) is 9.50. The van der Waals surface area contributed by atoms with Gasteiger partial charge < -0.3 is 5.73 Å². The van der Waals surface area contributed by atoms with Gasteiger partial charge >= 0.3 is 0 Å². The Morgan fingerprint density at radius 1 is 1.47 bits per heavy atom. The minimum atomic E-state index is -2.88. The average molecular weight is 225 g/mol. The maximum absolute atomic E-state index is 11.6. The average Bonchev–Trinajstić information content (AvgIpc) is 2.98. The van der Waals surface area contributed by atoms with Gasteiger partial charge in [0.15, 0.2) is 9.84 Å². The highest BCUT2D eigenvalue weighted by molar-refractivity contribution is 7.92. The first-order valence-corrected chi connectivity index (χ1v) is 6.83. The lowest BCUT2D eigenvalue weighted by atomic mass is 10.1. The SMILES string of the molecule is CCS(=O)(=O)C1CC1c1cccc(N)c1. The lowest BCUT2D eigenvalue weighted by molar-refractivity contribution is 0.595. The highest BCUT2D eigenvalue weighted by Crippen LogP contribution is 2.46. The molecular weight excluding hydrogens is 210 g/mol. The quantitative estimate of drug-likeness (QED) is 0.794. The number of hydrogen-bond acceptors (Lipinski definition) is 3. The van der Waals surface area contributed by atoms with Crippen LogP contribution in [0, 0.1) is 0 Å². The molecule has 2 unspecified atom stereocenters. The molecule has 1 aliphatic carbocycles. The van der Waals surface area contributed by atoms with Crippen molar-refractivity contribution in [3.63, 3.8) is 0 Å². The molecule has 1 aliphatic rings. The molecule has 0 heterocycles. The minimum absolute atomic E-state index is 0.165. The number of anilines is 1. The predicted molar refractivity (Wildman–Crippen MR) is 61.5 cm³/mol. The minimum Gasteiger partial charge on any atom is -0.399 e. The molecule has 1 aromatic carbocycles. The molecule has 4 heteroatoms. The molecule has 1 saturated carbocycles. The fourth-order valence-corrected chi connectivity index (χ4v) is 3.51. The van der Waals surface area contributed by atoms with E-state index in [9.17, 15) is 8.42 Å². The van der Waals surface area contributed by atoms with Gasteiger partial charge in [-0.1, -0.05) is 19.1 Å². The van der Waals surface area contributed by atoms with E-state index in [1.165, 1.54) is 0 Å². The molecule has 1 fully saturated rings. The van der Waals surface area contributed by atoms with Gasteiger partial charge in [-0.25, -0.2) is 8.42 Å². The summed E-state index contributed by atoms with van der Waals surface area (Å²) < 4.78 is 23.2. The van der Waals surface area contributed by atoms with Crippen LogP contribution in [-0.2, 0) is 9.84 Å². The molecule has 15 heavy (non-hydrogen) atoms. The van der Waals surface area contributed by atoms with Gasteiger partial charge in [0.25, 0.3) is 0 Å². The van der Waals surface area contributed by atoms with Gasteiger partial charge in [-0.2, -0.15) is 0 Å². The summed E-state index contributed by atoms with van der Waals surface area (Å²) in [5, 5.41) is -0.177. The molecule has 0 spiro atoms. The summed E-state index contributed by atoms with van der Waals surface area (Å²) in [5.41, 5.74) is 7.42. The Morgan fingerprint density at radius 3 is 2.80 bits per heavy atom. The zero-order chi connectivity index (χ0) is 11.1. The van der Waals surface area contributed by atoms with Crippen LogP contribution < -0.4 is 5.73 Å². The number of nitrogen functional groups attached to an aromatic ring is 1. The Kier molecular flexibility index (Phi) is 2.46. The van der Waals surface area contributed by atoms with Crippen LogP contribution in [0.1, 0.15) is 24.8 Å². The molecule has 2 atom stereocenters. The Morgan fingerprint density at radius 2 is 2.20 bits per heavy atom. The molecule has 0 radical (unpaired) electrons. The van der Waals surface area contributed by atoms with E-state index in [1.54, 1.807) is 6.92 Å². The van der Waals surface area contributed by atoms with E-state index < -0.39 is 9.84 Å². The fraction of sp³-hybridized carbons (Fsp3) is 0.455. The van der Waals surface area contributed by atoms with Crippen LogP contribution in [0.2, 0.25) is 0 Å². The van der Waals surface area contributed by atoms with Crippen LogP contribution >= 0.6 is 0 Å². The summed E-state index contributed by atoms with van der Waals surface area (Å²) in [7, 11) is -2.88. The molecule has 0 aromatic heterocycles. The summed E-state index contributed by atoms with van der Waals surface area (Å²) in [6.07, 6.45) is 0.750. The Labute approximate surface area is 90.2 Å². The third kappa shape index (κ3) is 2.00. The molecule has 1 aromatic rings.